The van der Waals surface area contributed by atoms with Gasteiger partial charge in [0, 0.05) is 17.3 Å². The average molecular weight is 568 g/mol. The van der Waals surface area contributed by atoms with Crippen molar-refractivity contribution < 1.29 is 23.8 Å². The molecule has 10 heteroatoms. The third kappa shape index (κ3) is 6.61. The Hall–Kier alpha value is -3.82. The van der Waals surface area contributed by atoms with Crippen LogP contribution in [0.5, 0.6) is 17.2 Å². The van der Waals surface area contributed by atoms with Crippen LogP contribution in [0.3, 0.4) is 0 Å². The second kappa shape index (κ2) is 12.8. The highest BCUT2D eigenvalue weighted by atomic mass is 35.5. The molecule has 1 saturated heterocycles. The van der Waals surface area contributed by atoms with E-state index in [1.807, 2.05) is 25.1 Å². The molecule has 39 heavy (non-hydrogen) atoms. The van der Waals surface area contributed by atoms with Gasteiger partial charge in [0.2, 0.25) is 5.91 Å². The summed E-state index contributed by atoms with van der Waals surface area (Å²) in [5.74, 6) is 1.40. The number of carbonyl (C=O) groups excluding carboxylic acids is 2. The lowest BCUT2D eigenvalue weighted by molar-refractivity contribution is -0.124. The average Bonchev–Trinajstić information content (AvgIpc) is 3.17. The molecule has 3 aromatic carbocycles. The van der Waals surface area contributed by atoms with E-state index in [0.717, 1.165) is 5.56 Å². The zero-order valence-electron chi connectivity index (χ0n) is 22.0. The van der Waals surface area contributed by atoms with Crippen molar-refractivity contribution in [3.8, 4) is 17.2 Å². The van der Waals surface area contributed by atoms with Crippen LogP contribution >= 0.6 is 23.8 Å². The monoisotopic (exact) mass is 567 g/mol. The number of thiocarbonyl (C=S) groups is 1. The summed E-state index contributed by atoms with van der Waals surface area (Å²) < 4.78 is 16.2. The Morgan fingerprint density at radius 2 is 1.69 bits per heavy atom. The molecule has 1 fully saturated rings. The Morgan fingerprint density at radius 3 is 2.33 bits per heavy atom. The summed E-state index contributed by atoms with van der Waals surface area (Å²) in [6.45, 7) is 2.88. The standard InChI is InChI=1S/C29H30ClN3O5S/c1-4-38-23-12-8-21(9-13-23)31-27(34)18-24-28(35)33(22-10-6-20(30)7-11-22)29(39)32(24)16-15-19-5-14-25(36-2)26(17-19)37-3/h5-14,17,24H,4,15-16,18H2,1-3H3,(H,31,34). The number of benzene rings is 3. The van der Waals surface area contributed by atoms with Crippen LogP contribution < -0.4 is 24.4 Å². The van der Waals surface area contributed by atoms with Crippen molar-refractivity contribution in [2.45, 2.75) is 25.8 Å². The molecule has 0 bridgehead atoms. The molecule has 3 aromatic rings. The number of methoxy groups -OCH3 is 2. The Morgan fingerprint density at radius 1 is 1.00 bits per heavy atom. The molecule has 1 aliphatic rings. The van der Waals surface area contributed by atoms with Gasteiger partial charge in [0.05, 0.1) is 32.9 Å². The molecule has 204 valence electrons. The number of hydrogen-bond acceptors (Lipinski definition) is 6. The van der Waals surface area contributed by atoms with E-state index in [0.29, 0.717) is 58.3 Å². The Balaban J connectivity index is 1.54. The summed E-state index contributed by atoms with van der Waals surface area (Å²) in [4.78, 5) is 30.0. The number of anilines is 2. The second-order valence-corrected chi connectivity index (χ2v) is 9.59. The molecular formula is C29H30ClN3O5S. The van der Waals surface area contributed by atoms with Gasteiger partial charge in [0.15, 0.2) is 16.6 Å². The molecule has 1 N–H and O–H groups in total. The van der Waals surface area contributed by atoms with Gasteiger partial charge in [-0.05, 0) is 91.8 Å². The van der Waals surface area contributed by atoms with Crippen molar-refractivity contribution in [3.63, 3.8) is 0 Å². The molecule has 1 unspecified atom stereocenters. The van der Waals surface area contributed by atoms with Crippen LogP contribution in [0.1, 0.15) is 18.9 Å². The molecule has 0 saturated carbocycles. The molecule has 1 atom stereocenters. The first-order chi connectivity index (χ1) is 18.8. The van der Waals surface area contributed by atoms with E-state index in [2.05, 4.69) is 5.32 Å². The first-order valence-corrected chi connectivity index (χ1v) is 13.3. The van der Waals surface area contributed by atoms with Gasteiger partial charge in [0.25, 0.3) is 5.91 Å². The van der Waals surface area contributed by atoms with Gasteiger partial charge in [-0.1, -0.05) is 17.7 Å². The predicted octanol–water partition coefficient (Wildman–Crippen LogP) is 5.33. The van der Waals surface area contributed by atoms with Gasteiger partial charge in [0.1, 0.15) is 11.8 Å². The van der Waals surface area contributed by atoms with Crippen LogP contribution in [-0.4, -0.2) is 55.2 Å². The number of amides is 2. The van der Waals surface area contributed by atoms with Crippen molar-refractivity contribution in [1.29, 1.82) is 0 Å². The van der Waals surface area contributed by atoms with Crippen molar-refractivity contribution in [2.24, 2.45) is 0 Å². The Kier molecular flexibility index (Phi) is 9.27. The zero-order valence-corrected chi connectivity index (χ0v) is 23.6. The van der Waals surface area contributed by atoms with Gasteiger partial charge in [-0.25, -0.2) is 0 Å². The second-order valence-electron chi connectivity index (χ2n) is 8.79. The van der Waals surface area contributed by atoms with Crippen molar-refractivity contribution >= 4 is 52.1 Å². The number of carbonyl (C=O) groups is 2. The minimum atomic E-state index is -0.768. The number of nitrogens with one attached hydrogen (secondary N) is 1. The lowest BCUT2D eigenvalue weighted by Gasteiger charge is -2.24. The van der Waals surface area contributed by atoms with Gasteiger partial charge >= 0.3 is 0 Å². The molecule has 8 nitrogen and oxygen atoms in total. The lowest BCUT2D eigenvalue weighted by atomic mass is 10.1. The van der Waals surface area contributed by atoms with Crippen molar-refractivity contribution in [3.05, 3.63) is 77.3 Å². The minimum Gasteiger partial charge on any atom is -0.494 e. The predicted molar refractivity (Wildman–Crippen MR) is 156 cm³/mol. The number of halogens is 1. The van der Waals surface area contributed by atoms with Crippen LogP contribution in [0.4, 0.5) is 11.4 Å². The summed E-state index contributed by atoms with van der Waals surface area (Å²) in [6.07, 6.45) is 0.501. The van der Waals surface area contributed by atoms with E-state index in [9.17, 15) is 9.59 Å². The van der Waals surface area contributed by atoms with Crippen LogP contribution in [-0.2, 0) is 16.0 Å². The third-order valence-corrected chi connectivity index (χ3v) is 6.99. The molecule has 1 aliphatic heterocycles. The normalized spacial score (nSPS) is 14.9. The minimum absolute atomic E-state index is 0.0673. The molecule has 0 aromatic heterocycles. The maximum atomic E-state index is 13.6. The van der Waals surface area contributed by atoms with Gasteiger partial charge in [-0.15, -0.1) is 0 Å². The highest BCUT2D eigenvalue weighted by Gasteiger charge is 2.43. The fourth-order valence-corrected chi connectivity index (χ4v) is 4.93. The van der Waals surface area contributed by atoms with E-state index < -0.39 is 6.04 Å². The summed E-state index contributed by atoms with van der Waals surface area (Å²) in [7, 11) is 3.17. The molecule has 2 amide bonds. The number of nitrogens with zero attached hydrogens (tertiary/aromatic N) is 2. The Labute approximate surface area is 238 Å². The maximum Gasteiger partial charge on any atom is 0.256 e. The van der Waals surface area contributed by atoms with E-state index in [4.69, 9.17) is 38.0 Å². The SMILES string of the molecule is CCOc1ccc(NC(=O)CC2C(=O)N(c3ccc(Cl)cc3)C(=S)N2CCc2ccc(OC)c(OC)c2)cc1. The van der Waals surface area contributed by atoms with Crippen molar-refractivity contribution in [1.82, 2.24) is 4.90 Å². The molecule has 1 heterocycles. The largest absolute Gasteiger partial charge is 0.494 e. The fourth-order valence-electron chi connectivity index (χ4n) is 4.39. The molecular weight excluding hydrogens is 538 g/mol. The number of rotatable bonds is 11. The summed E-state index contributed by atoms with van der Waals surface area (Å²) in [6, 6.07) is 18.9. The van der Waals surface area contributed by atoms with Gasteiger partial charge in [-0.2, -0.15) is 0 Å². The highest BCUT2D eigenvalue weighted by Crippen LogP contribution is 2.31. The summed E-state index contributed by atoms with van der Waals surface area (Å²) >= 11 is 11.8. The lowest BCUT2D eigenvalue weighted by Crippen LogP contribution is -2.39. The van der Waals surface area contributed by atoms with Gasteiger partial charge in [-0.3, -0.25) is 14.5 Å². The number of hydrogen-bond donors (Lipinski definition) is 1. The van der Waals surface area contributed by atoms with E-state index in [1.165, 1.54) is 4.90 Å². The molecule has 0 aliphatic carbocycles. The maximum absolute atomic E-state index is 13.6. The topological polar surface area (TPSA) is 80.3 Å². The van der Waals surface area contributed by atoms with E-state index in [1.54, 1.807) is 67.7 Å². The quantitative estimate of drug-likeness (QED) is 0.314. The van der Waals surface area contributed by atoms with Crippen molar-refractivity contribution in [2.75, 3.05) is 37.6 Å². The first-order valence-electron chi connectivity index (χ1n) is 12.5. The molecule has 0 spiro atoms. The van der Waals surface area contributed by atoms with Crippen LogP contribution in [0.15, 0.2) is 66.7 Å². The van der Waals surface area contributed by atoms with Crippen LogP contribution in [0.2, 0.25) is 5.02 Å². The Bertz CT molecular complexity index is 1330. The van der Waals surface area contributed by atoms with E-state index >= 15 is 0 Å². The molecule has 4 rings (SSSR count). The summed E-state index contributed by atoms with van der Waals surface area (Å²) in [5, 5.41) is 3.76. The number of ether oxygens (including phenoxy) is 3. The molecule has 0 radical (unpaired) electrons. The fraction of sp³-hybridized carbons (Fsp3) is 0.276. The summed E-state index contributed by atoms with van der Waals surface area (Å²) in [5.41, 5.74) is 2.19. The smallest absolute Gasteiger partial charge is 0.256 e. The third-order valence-electron chi connectivity index (χ3n) is 6.32. The van der Waals surface area contributed by atoms with E-state index in [-0.39, 0.29) is 18.2 Å². The van der Waals surface area contributed by atoms with Gasteiger partial charge < -0.3 is 24.4 Å². The first kappa shape index (κ1) is 28.2. The zero-order chi connectivity index (χ0) is 27.9. The highest BCUT2D eigenvalue weighted by molar-refractivity contribution is 7.80. The van der Waals surface area contributed by atoms with Crippen LogP contribution in [0, 0.1) is 0 Å². The van der Waals surface area contributed by atoms with Crippen LogP contribution in [0.25, 0.3) is 0 Å².